The van der Waals surface area contributed by atoms with E-state index in [1.165, 1.54) is 6.42 Å². The largest absolute Gasteiger partial charge is 0.393 e. The van der Waals surface area contributed by atoms with E-state index in [0.717, 1.165) is 44.9 Å². The van der Waals surface area contributed by atoms with Gasteiger partial charge < -0.3 is 14.6 Å². The number of hydrogen-bond acceptors (Lipinski definition) is 4. The lowest BCUT2D eigenvalue weighted by molar-refractivity contribution is -0.251. The Morgan fingerprint density at radius 1 is 1.00 bits per heavy atom. The number of ketones is 1. The van der Waals surface area contributed by atoms with Crippen molar-refractivity contribution >= 4 is 5.78 Å². The van der Waals surface area contributed by atoms with Crippen LogP contribution in [0.3, 0.4) is 0 Å². The topological polar surface area (TPSA) is 55.8 Å². The molecule has 1 aliphatic heterocycles. The number of Topliss-reactive ketones (excluding diaryl/α,β-unsaturated/α-hetero) is 1. The van der Waals surface area contributed by atoms with E-state index in [2.05, 4.69) is 62.0 Å². The monoisotopic (exact) mass is 514 g/mol. The third-order valence-corrected chi connectivity index (χ3v) is 13.1. The molecule has 4 aliphatic carbocycles. The number of carbonyl (C=O) groups is 1. The molecule has 1 N–H and O–H groups in total. The lowest BCUT2D eigenvalue weighted by Crippen LogP contribution is -2.69. The fourth-order valence-corrected chi connectivity index (χ4v) is 11.6. The molecule has 0 bridgehead atoms. The Morgan fingerprint density at radius 3 is 2.35 bits per heavy atom. The van der Waals surface area contributed by atoms with Crippen molar-refractivity contribution < 1.29 is 19.4 Å². The molecule has 0 unspecified atom stereocenters. The van der Waals surface area contributed by atoms with Crippen LogP contribution in [0.1, 0.15) is 113 Å². The van der Waals surface area contributed by atoms with Crippen molar-refractivity contribution in [3.8, 4) is 0 Å². The number of ether oxygens (including phenoxy) is 2. The number of hydrogen-bond donors (Lipinski definition) is 1. The lowest BCUT2D eigenvalue weighted by Gasteiger charge is -2.70. The second-order valence-electron chi connectivity index (χ2n) is 15.9. The quantitative estimate of drug-likeness (QED) is 0.406. The average molecular weight is 515 g/mol. The smallest absolute Gasteiger partial charge is 0.137 e. The molecule has 1 heterocycles. The Morgan fingerprint density at radius 2 is 1.70 bits per heavy atom. The first-order valence-electron chi connectivity index (χ1n) is 15.2. The van der Waals surface area contributed by atoms with Gasteiger partial charge in [0.25, 0.3) is 0 Å². The molecule has 37 heavy (non-hydrogen) atoms. The first kappa shape index (κ1) is 27.8. The van der Waals surface area contributed by atoms with Crippen molar-refractivity contribution in [1.29, 1.82) is 0 Å². The summed E-state index contributed by atoms with van der Waals surface area (Å²) in [5, 5.41) is 12.0. The van der Waals surface area contributed by atoms with Crippen LogP contribution in [-0.4, -0.2) is 40.9 Å². The minimum Gasteiger partial charge on any atom is -0.393 e. The van der Waals surface area contributed by atoms with E-state index in [1.54, 1.807) is 0 Å². The van der Waals surface area contributed by atoms with Gasteiger partial charge in [-0.25, -0.2) is 0 Å². The summed E-state index contributed by atoms with van der Waals surface area (Å²) in [6, 6.07) is 0. The summed E-state index contributed by atoms with van der Waals surface area (Å²) in [5.41, 5.74) is -0.858. The highest BCUT2D eigenvalue weighted by Crippen LogP contribution is 2.75. The van der Waals surface area contributed by atoms with Gasteiger partial charge in [0.2, 0.25) is 0 Å². The maximum atomic E-state index is 14.3. The van der Waals surface area contributed by atoms with Gasteiger partial charge in [0, 0.05) is 17.8 Å². The van der Waals surface area contributed by atoms with Crippen molar-refractivity contribution in [1.82, 2.24) is 0 Å². The Labute approximate surface area is 226 Å². The molecule has 0 radical (unpaired) electrons. The molecule has 10 atom stereocenters. The van der Waals surface area contributed by atoms with Crippen LogP contribution in [0.25, 0.3) is 0 Å². The van der Waals surface area contributed by atoms with E-state index in [1.807, 2.05) is 6.08 Å². The normalized spacial score (nSPS) is 52.6. The summed E-state index contributed by atoms with van der Waals surface area (Å²) in [6.07, 6.45) is 10.4. The maximum absolute atomic E-state index is 14.3. The summed E-state index contributed by atoms with van der Waals surface area (Å²) in [6.45, 7) is 22.9. The molecular weight excluding hydrogens is 460 g/mol. The van der Waals surface area contributed by atoms with Gasteiger partial charge in [-0.1, -0.05) is 40.7 Å². The second kappa shape index (κ2) is 8.64. The Kier molecular flexibility index (Phi) is 6.50. The van der Waals surface area contributed by atoms with Gasteiger partial charge in [-0.2, -0.15) is 0 Å². The Hall–Kier alpha value is -0.710. The van der Waals surface area contributed by atoms with Crippen LogP contribution in [-0.2, 0) is 14.3 Å². The number of aliphatic hydroxyl groups is 1. The van der Waals surface area contributed by atoms with Crippen molar-refractivity contribution in [3.05, 3.63) is 12.7 Å². The maximum Gasteiger partial charge on any atom is 0.137 e. The summed E-state index contributed by atoms with van der Waals surface area (Å²) < 4.78 is 13.1. The standard InChI is InChI=1S/C33H54O4/c1-10-18-36-25-13-16-30(6)24-19-22(34)26-21(33(9)15-11-14-28(2,3)37-33)12-17-31(26,7)32(24,8)20-23(35)27(30)29(25,4)5/h10,21-22,24-27,34H,1,11-20H2,2-9H3/t21-,22+,24+,25-,26-,27-,30+,31+,32+,33+/m0/s1. The molecule has 4 nitrogen and oxygen atoms in total. The van der Waals surface area contributed by atoms with Gasteiger partial charge in [-0.05, 0) is 106 Å². The lowest BCUT2D eigenvalue weighted by atomic mass is 9.34. The minimum absolute atomic E-state index is 0.0359. The highest BCUT2D eigenvalue weighted by Gasteiger charge is 2.73. The highest BCUT2D eigenvalue weighted by atomic mass is 16.5. The van der Waals surface area contributed by atoms with Crippen LogP contribution in [0.2, 0.25) is 0 Å². The number of aliphatic hydroxyl groups excluding tert-OH is 1. The minimum atomic E-state index is -0.343. The van der Waals surface area contributed by atoms with Crippen molar-refractivity contribution in [2.45, 2.75) is 137 Å². The van der Waals surface area contributed by atoms with Gasteiger partial charge in [0.15, 0.2) is 0 Å². The van der Waals surface area contributed by atoms with Gasteiger partial charge >= 0.3 is 0 Å². The third kappa shape index (κ3) is 3.81. The first-order valence-corrected chi connectivity index (χ1v) is 15.2. The van der Waals surface area contributed by atoms with Crippen molar-refractivity contribution in [3.63, 3.8) is 0 Å². The van der Waals surface area contributed by atoms with Gasteiger partial charge in [0.1, 0.15) is 5.78 Å². The SMILES string of the molecule is C=CCO[C@H]1CC[C@]2(C)[C@H]3C[C@@H](O)[C@@H]4[C@@H]([C@@]5(C)CCCC(C)(C)O5)CC[C@@]4(C)[C@]3(C)CC(=O)[C@H]2C1(C)C. The van der Waals surface area contributed by atoms with E-state index in [-0.39, 0.29) is 56.9 Å². The molecule has 5 fully saturated rings. The zero-order valence-electron chi connectivity index (χ0n) is 25.0. The van der Waals surface area contributed by atoms with Crippen LogP contribution in [0.15, 0.2) is 12.7 Å². The fraction of sp³-hybridized carbons (Fsp3) is 0.909. The second-order valence-corrected chi connectivity index (χ2v) is 15.9. The summed E-state index contributed by atoms with van der Waals surface area (Å²) in [4.78, 5) is 14.3. The molecule has 1 saturated heterocycles. The molecule has 0 aromatic heterocycles. The third-order valence-electron chi connectivity index (χ3n) is 13.1. The average Bonchev–Trinajstić information content (AvgIpc) is 3.15. The van der Waals surface area contributed by atoms with Gasteiger partial charge in [-0.15, -0.1) is 6.58 Å². The summed E-state index contributed by atoms with van der Waals surface area (Å²) in [7, 11) is 0. The number of fused-ring (bicyclic) bond motifs is 5. The van der Waals surface area contributed by atoms with Crippen LogP contribution in [0.4, 0.5) is 0 Å². The summed E-state index contributed by atoms with van der Waals surface area (Å²) >= 11 is 0. The molecule has 0 aromatic rings. The van der Waals surface area contributed by atoms with E-state index in [9.17, 15) is 9.90 Å². The van der Waals surface area contributed by atoms with Crippen LogP contribution < -0.4 is 0 Å². The van der Waals surface area contributed by atoms with E-state index >= 15 is 0 Å². The zero-order chi connectivity index (χ0) is 27.2. The molecule has 5 rings (SSSR count). The number of rotatable bonds is 4. The molecule has 4 heteroatoms. The van der Waals surface area contributed by atoms with E-state index in [4.69, 9.17) is 9.47 Å². The molecule has 0 aromatic carbocycles. The predicted octanol–water partition coefficient (Wildman–Crippen LogP) is 7.13. The highest BCUT2D eigenvalue weighted by molar-refractivity contribution is 5.85. The van der Waals surface area contributed by atoms with E-state index in [0.29, 0.717) is 30.6 Å². The summed E-state index contributed by atoms with van der Waals surface area (Å²) in [5.74, 6) is 1.24. The predicted molar refractivity (Wildman–Crippen MR) is 148 cm³/mol. The van der Waals surface area contributed by atoms with Crippen LogP contribution in [0.5, 0.6) is 0 Å². The molecule has 0 spiro atoms. The Bertz CT molecular complexity index is 939. The van der Waals surface area contributed by atoms with Gasteiger partial charge in [-0.3, -0.25) is 4.79 Å². The fourth-order valence-electron chi connectivity index (χ4n) is 11.6. The van der Waals surface area contributed by atoms with Crippen molar-refractivity contribution in [2.75, 3.05) is 6.61 Å². The van der Waals surface area contributed by atoms with Gasteiger partial charge in [0.05, 0.1) is 30.0 Å². The number of carbonyl (C=O) groups excluding carboxylic acids is 1. The van der Waals surface area contributed by atoms with Crippen LogP contribution >= 0.6 is 0 Å². The molecule has 210 valence electrons. The molecule has 5 aliphatic rings. The van der Waals surface area contributed by atoms with Crippen LogP contribution in [0, 0.1) is 45.3 Å². The Balaban J connectivity index is 1.51. The first-order chi connectivity index (χ1) is 17.1. The zero-order valence-corrected chi connectivity index (χ0v) is 25.0. The molecule has 0 amide bonds. The molecular formula is C33H54O4. The van der Waals surface area contributed by atoms with E-state index < -0.39 is 0 Å². The molecule has 4 saturated carbocycles. The van der Waals surface area contributed by atoms with Crippen molar-refractivity contribution in [2.24, 2.45) is 45.3 Å².